The molecule has 0 aromatic heterocycles. The van der Waals surface area contributed by atoms with E-state index in [-0.39, 0.29) is 5.97 Å². The van der Waals surface area contributed by atoms with Gasteiger partial charge in [-0.15, -0.1) is 0 Å². The van der Waals surface area contributed by atoms with Gasteiger partial charge in [0.25, 0.3) is 5.79 Å². The molecule has 0 N–H and O–H groups in total. The molecule has 104 valence electrons. The molecular formula is C16H16O4. The number of hydrogen-bond donors (Lipinski definition) is 0. The summed E-state index contributed by atoms with van der Waals surface area (Å²) in [4.78, 5) is 11.2. The van der Waals surface area contributed by atoms with E-state index in [9.17, 15) is 4.79 Å². The van der Waals surface area contributed by atoms with Gasteiger partial charge in [0.2, 0.25) is 0 Å². The first kappa shape index (κ1) is 14.2. The first-order valence-electron chi connectivity index (χ1n) is 6.48. The molecule has 0 aromatic rings. The minimum absolute atomic E-state index is 0.340. The normalized spacial score (nSPS) is 29.1. The molecule has 0 aliphatic carbocycles. The van der Waals surface area contributed by atoms with Gasteiger partial charge in [0.15, 0.2) is 6.10 Å². The van der Waals surface area contributed by atoms with E-state index < -0.39 is 11.9 Å². The van der Waals surface area contributed by atoms with Gasteiger partial charge in [0.05, 0.1) is 6.61 Å². The van der Waals surface area contributed by atoms with E-state index in [0.29, 0.717) is 18.8 Å². The summed E-state index contributed by atoms with van der Waals surface area (Å²) in [6.07, 6.45) is 6.29. The number of carbonyl (C=O) groups is 1. The first-order chi connectivity index (χ1) is 9.66. The van der Waals surface area contributed by atoms with Crippen molar-refractivity contribution in [1.82, 2.24) is 0 Å². The van der Waals surface area contributed by atoms with Crippen LogP contribution in [0.2, 0.25) is 0 Å². The molecule has 2 aliphatic heterocycles. The van der Waals surface area contributed by atoms with E-state index in [0.717, 1.165) is 6.42 Å². The van der Waals surface area contributed by atoms with Gasteiger partial charge in [-0.2, -0.15) is 0 Å². The molecule has 2 rings (SSSR count). The Labute approximate surface area is 118 Å². The number of allylic oxidation sites excluding steroid dienone is 2. The van der Waals surface area contributed by atoms with E-state index >= 15 is 0 Å². The average molecular weight is 272 g/mol. The topological polar surface area (TPSA) is 44.8 Å². The quantitative estimate of drug-likeness (QED) is 0.540. The largest absolute Gasteiger partial charge is 0.455 e. The van der Waals surface area contributed by atoms with Crippen LogP contribution in [0, 0.1) is 23.7 Å². The van der Waals surface area contributed by atoms with Crippen molar-refractivity contribution in [3.63, 3.8) is 0 Å². The molecule has 1 fully saturated rings. The van der Waals surface area contributed by atoms with Crippen molar-refractivity contribution in [2.75, 3.05) is 6.61 Å². The van der Waals surface area contributed by atoms with Crippen LogP contribution in [-0.4, -0.2) is 24.5 Å². The van der Waals surface area contributed by atoms with E-state index in [4.69, 9.17) is 14.2 Å². The predicted molar refractivity (Wildman–Crippen MR) is 73.0 cm³/mol. The molecule has 2 atom stereocenters. The molecule has 0 aromatic carbocycles. The summed E-state index contributed by atoms with van der Waals surface area (Å²) in [5.41, 5.74) is 0. The van der Waals surface area contributed by atoms with Gasteiger partial charge in [-0.3, -0.25) is 4.79 Å². The van der Waals surface area contributed by atoms with Crippen molar-refractivity contribution in [2.24, 2.45) is 0 Å². The second-order valence-electron chi connectivity index (χ2n) is 4.44. The van der Waals surface area contributed by atoms with Crippen LogP contribution in [0.1, 0.15) is 26.7 Å². The smallest absolute Gasteiger partial charge is 0.303 e. The van der Waals surface area contributed by atoms with Crippen LogP contribution in [0.25, 0.3) is 0 Å². The number of hydrogen-bond acceptors (Lipinski definition) is 4. The predicted octanol–water partition coefficient (Wildman–Crippen LogP) is 1.92. The second-order valence-corrected chi connectivity index (χ2v) is 4.44. The van der Waals surface area contributed by atoms with Gasteiger partial charge in [0, 0.05) is 13.0 Å². The molecule has 0 amide bonds. The SMILES string of the molecule is CC#CC#CC=C1C=CC2(OCCCC2OC(C)=O)O1. The third kappa shape index (κ3) is 3.23. The highest BCUT2D eigenvalue weighted by atomic mass is 16.7. The third-order valence-electron chi connectivity index (χ3n) is 2.93. The van der Waals surface area contributed by atoms with Gasteiger partial charge in [-0.1, -0.05) is 11.8 Å². The van der Waals surface area contributed by atoms with Crippen LogP contribution >= 0.6 is 0 Å². The second kappa shape index (κ2) is 6.32. The summed E-state index contributed by atoms with van der Waals surface area (Å²) in [7, 11) is 0. The third-order valence-corrected chi connectivity index (χ3v) is 2.93. The molecule has 2 unspecified atom stereocenters. The number of carbonyl (C=O) groups excluding carboxylic acids is 1. The van der Waals surface area contributed by atoms with Crippen LogP contribution in [0.5, 0.6) is 0 Å². The molecule has 0 radical (unpaired) electrons. The van der Waals surface area contributed by atoms with Gasteiger partial charge in [-0.05, 0) is 43.8 Å². The molecule has 4 nitrogen and oxygen atoms in total. The average Bonchev–Trinajstić information content (AvgIpc) is 2.82. The Balaban J connectivity index is 2.11. The van der Waals surface area contributed by atoms with Crippen LogP contribution in [0.3, 0.4) is 0 Å². The Hall–Kier alpha value is -2.17. The maximum Gasteiger partial charge on any atom is 0.303 e. The Morgan fingerprint density at radius 1 is 1.55 bits per heavy atom. The number of rotatable bonds is 1. The lowest BCUT2D eigenvalue weighted by Crippen LogP contribution is -2.49. The van der Waals surface area contributed by atoms with Crippen LogP contribution in [-0.2, 0) is 19.0 Å². The lowest BCUT2D eigenvalue weighted by atomic mass is 10.0. The Morgan fingerprint density at radius 3 is 3.15 bits per heavy atom. The summed E-state index contributed by atoms with van der Waals surface area (Å²) < 4.78 is 16.8. The summed E-state index contributed by atoms with van der Waals surface area (Å²) in [5.74, 6) is 10.0. The zero-order valence-corrected chi connectivity index (χ0v) is 11.6. The maximum absolute atomic E-state index is 11.2. The lowest BCUT2D eigenvalue weighted by Gasteiger charge is -2.38. The fourth-order valence-corrected chi connectivity index (χ4v) is 2.12. The van der Waals surface area contributed by atoms with Crippen LogP contribution < -0.4 is 0 Å². The van der Waals surface area contributed by atoms with Crippen molar-refractivity contribution in [3.8, 4) is 23.7 Å². The van der Waals surface area contributed by atoms with Gasteiger partial charge < -0.3 is 14.2 Å². The molecule has 2 heterocycles. The molecule has 2 aliphatic rings. The van der Waals surface area contributed by atoms with Crippen molar-refractivity contribution >= 4 is 5.97 Å². The minimum Gasteiger partial charge on any atom is -0.455 e. The molecule has 0 bridgehead atoms. The minimum atomic E-state index is -1.01. The standard InChI is InChI=1S/C16H16O4/c1-3-4-5-6-8-14-10-11-16(20-14)15(19-13(2)17)9-7-12-18-16/h8,10-11,15H,7,9,12H2,1-2H3. The van der Waals surface area contributed by atoms with Crippen molar-refractivity contribution in [1.29, 1.82) is 0 Å². The molecular weight excluding hydrogens is 256 g/mol. The highest BCUT2D eigenvalue weighted by Gasteiger charge is 2.47. The maximum atomic E-state index is 11.2. The summed E-state index contributed by atoms with van der Waals surface area (Å²) in [5, 5.41) is 0. The van der Waals surface area contributed by atoms with Gasteiger partial charge in [0.1, 0.15) is 5.76 Å². The van der Waals surface area contributed by atoms with E-state index in [2.05, 4.69) is 23.7 Å². The number of esters is 1. The zero-order valence-electron chi connectivity index (χ0n) is 11.6. The van der Waals surface area contributed by atoms with E-state index in [1.54, 1.807) is 25.2 Å². The van der Waals surface area contributed by atoms with Gasteiger partial charge >= 0.3 is 5.97 Å². The summed E-state index contributed by atoms with van der Waals surface area (Å²) in [6.45, 7) is 3.68. The van der Waals surface area contributed by atoms with Gasteiger partial charge in [-0.25, -0.2) is 0 Å². The highest BCUT2D eigenvalue weighted by molar-refractivity contribution is 5.66. The molecule has 20 heavy (non-hydrogen) atoms. The summed E-state index contributed by atoms with van der Waals surface area (Å²) >= 11 is 0. The monoisotopic (exact) mass is 272 g/mol. The molecule has 1 spiro atoms. The van der Waals surface area contributed by atoms with Crippen molar-refractivity contribution < 1.29 is 19.0 Å². The van der Waals surface area contributed by atoms with Crippen LogP contribution in [0.4, 0.5) is 0 Å². The highest BCUT2D eigenvalue weighted by Crippen LogP contribution is 2.37. The van der Waals surface area contributed by atoms with Crippen LogP contribution in [0.15, 0.2) is 24.0 Å². The number of ether oxygens (including phenoxy) is 3. The molecule has 0 saturated carbocycles. The fourth-order valence-electron chi connectivity index (χ4n) is 2.12. The van der Waals surface area contributed by atoms with Crippen molar-refractivity contribution in [3.05, 3.63) is 24.0 Å². The molecule has 4 heteroatoms. The summed E-state index contributed by atoms with van der Waals surface area (Å²) in [6, 6.07) is 0. The fraction of sp³-hybridized carbons (Fsp3) is 0.438. The van der Waals surface area contributed by atoms with E-state index in [1.165, 1.54) is 6.92 Å². The Bertz CT molecular complexity index is 565. The van der Waals surface area contributed by atoms with Crippen molar-refractivity contribution in [2.45, 2.75) is 38.6 Å². The Kier molecular flexibility index (Phi) is 4.50. The molecule has 1 saturated heterocycles. The first-order valence-corrected chi connectivity index (χ1v) is 6.48. The Morgan fingerprint density at radius 2 is 2.40 bits per heavy atom. The van der Waals surface area contributed by atoms with E-state index in [1.807, 2.05) is 0 Å². The lowest BCUT2D eigenvalue weighted by molar-refractivity contribution is -0.253. The zero-order chi connectivity index (χ0) is 14.4.